The Balaban J connectivity index is 1.40. The van der Waals surface area contributed by atoms with Crippen LogP contribution in [0.4, 0.5) is 18.9 Å². The van der Waals surface area contributed by atoms with Gasteiger partial charge in [-0.1, -0.05) is 37.6 Å². The molecule has 0 amide bonds. The maximum atomic E-state index is 13.2. The van der Waals surface area contributed by atoms with E-state index in [1.807, 2.05) is 37.3 Å². The predicted molar refractivity (Wildman–Crippen MR) is 147 cm³/mol. The Hall–Kier alpha value is -2.99. The van der Waals surface area contributed by atoms with Crippen LogP contribution in [0.25, 0.3) is 0 Å². The van der Waals surface area contributed by atoms with E-state index in [1.54, 1.807) is 5.01 Å². The summed E-state index contributed by atoms with van der Waals surface area (Å²) in [7, 11) is 0. The number of nitrogens with zero attached hydrogens (tertiary/aromatic N) is 2. The molecule has 1 aliphatic carbocycles. The first-order valence-corrected chi connectivity index (χ1v) is 14.2. The molecule has 3 aliphatic heterocycles. The molecule has 0 aromatic heterocycles. The Morgan fingerprint density at radius 1 is 1.23 bits per heavy atom. The molecule has 214 valence electrons. The molecule has 11 heteroatoms. The van der Waals surface area contributed by atoms with Gasteiger partial charge in [-0.3, -0.25) is 9.80 Å². The van der Waals surface area contributed by atoms with Crippen LogP contribution < -0.4 is 15.2 Å². The van der Waals surface area contributed by atoms with E-state index < -0.39 is 35.3 Å². The summed E-state index contributed by atoms with van der Waals surface area (Å²) in [5.74, 6) is -1.16. The highest BCUT2D eigenvalue weighted by molar-refractivity contribution is 8.00. The van der Waals surface area contributed by atoms with Crippen molar-refractivity contribution in [3.63, 3.8) is 0 Å². The van der Waals surface area contributed by atoms with Gasteiger partial charge in [0.2, 0.25) is 12.2 Å². The third-order valence-corrected chi connectivity index (χ3v) is 8.46. The minimum atomic E-state index is -4.41. The maximum Gasteiger partial charge on any atom is 0.416 e. The van der Waals surface area contributed by atoms with Crippen LogP contribution in [-0.2, 0) is 15.7 Å². The van der Waals surface area contributed by atoms with E-state index in [-0.39, 0.29) is 12.4 Å². The summed E-state index contributed by atoms with van der Waals surface area (Å²) < 4.78 is 52.5. The predicted octanol–water partition coefficient (Wildman–Crippen LogP) is 6.17. The zero-order valence-corrected chi connectivity index (χ0v) is 23.1. The van der Waals surface area contributed by atoms with E-state index >= 15 is 0 Å². The molecule has 0 saturated carbocycles. The first kappa shape index (κ1) is 28.5. The SMILES string of the molecule is CCCCN1C2OC1(C1(COc3ccc(SCC(=O)O)cc3C)C=CC=CC1)NN2c1ccc(C(F)(F)F)cc1. The van der Waals surface area contributed by atoms with Gasteiger partial charge in [0.15, 0.2) is 0 Å². The molecule has 3 fully saturated rings. The van der Waals surface area contributed by atoms with Crippen LogP contribution >= 0.6 is 11.8 Å². The van der Waals surface area contributed by atoms with Gasteiger partial charge < -0.3 is 14.6 Å². The summed E-state index contributed by atoms with van der Waals surface area (Å²) in [5, 5.41) is 10.8. The van der Waals surface area contributed by atoms with Crippen LogP contribution in [0.1, 0.15) is 37.3 Å². The van der Waals surface area contributed by atoms with Crippen LogP contribution in [0.2, 0.25) is 0 Å². The van der Waals surface area contributed by atoms with Crippen LogP contribution in [0.5, 0.6) is 5.75 Å². The normalized spacial score (nSPS) is 25.7. The second-order valence-corrected chi connectivity index (χ2v) is 11.3. The maximum absolute atomic E-state index is 13.2. The number of hydrazine groups is 1. The largest absolute Gasteiger partial charge is 0.492 e. The van der Waals surface area contributed by atoms with Crippen molar-refractivity contribution < 1.29 is 32.5 Å². The summed E-state index contributed by atoms with van der Waals surface area (Å²) in [4.78, 5) is 14.0. The number of hydrogen-bond acceptors (Lipinski definition) is 7. The fourth-order valence-corrected chi connectivity index (χ4v) is 6.07. The summed E-state index contributed by atoms with van der Waals surface area (Å²) >= 11 is 1.25. The molecule has 0 radical (unpaired) electrons. The Morgan fingerprint density at radius 3 is 2.62 bits per heavy atom. The third kappa shape index (κ3) is 5.23. The molecule has 0 spiro atoms. The molecule has 40 heavy (non-hydrogen) atoms. The van der Waals surface area contributed by atoms with Crippen molar-refractivity contribution in [3.8, 4) is 5.75 Å². The smallest absolute Gasteiger partial charge is 0.416 e. The van der Waals surface area contributed by atoms with E-state index in [0.717, 1.165) is 42.0 Å². The van der Waals surface area contributed by atoms with Crippen LogP contribution in [0, 0.1) is 12.3 Å². The van der Waals surface area contributed by atoms with Crippen LogP contribution in [-0.4, -0.2) is 47.1 Å². The van der Waals surface area contributed by atoms with Crippen molar-refractivity contribution in [3.05, 3.63) is 77.9 Å². The number of benzene rings is 2. The quantitative estimate of drug-likeness (QED) is 0.309. The van der Waals surface area contributed by atoms with Crippen molar-refractivity contribution in [2.75, 3.05) is 23.9 Å². The molecule has 2 bridgehead atoms. The minimum absolute atomic E-state index is 0.0182. The number of rotatable bonds is 11. The zero-order valence-electron chi connectivity index (χ0n) is 22.3. The number of anilines is 1. The van der Waals surface area contributed by atoms with Crippen molar-refractivity contribution in [1.29, 1.82) is 0 Å². The molecule has 3 heterocycles. The number of carboxylic acids is 1. The second kappa shape index (κ2) is 11.1. The number of fused-ring (bicyclic) bond motifs is 1. The molecule has 2 N–H and O–H groups in total. The highest BCUT2D eigenvalue weighted by Gasteiger charge is 2.72. The first-order chi connectivity index (χ1) is 19.1. The Bertz CT molecular complexity index is 1300. The number of aliphatic carboxylic acids is 1. The number of ether oxygens (including phenoxy) is 2. The molecule has 3 saturated heterocycles. The van der Waals surface area contributed by atoms with Gasteiger partial charge in [-0.05, 0) is 67.8 Å². The number of unbranched alkanes of at least 4 members (excludes halogenated alkanes) is 1. The van der Waals surface area contributed by atoms with Gasteiger partial charge in [-0.25, -0.2) is 4.90 Å². The average Bonchev–Trinajstić information content (AvgIpc) is 3.48. The molecule has 7 nitrogen and oxygen atoms in total. The van der Waals surface area contributed by atoms with Gasteiger partial charge in [0.1, 0.15) is 12.4 Å². The van der Waals surface area contributed by atoms with E-state index in [4.69, 9.17) is 14.6 Å². The minimum Gasteiger partial charge on any atom is -0.492 e. The molecule has 6 rings (SSSR count). The second-order valence-electron chi connectivity index (χ2n) is 10.2. The fourth-order valence-electron chi connectivity index (χ4n) is 5.35. The van der Waals surface area contributed by atoms with Crippen LogP contribution in [0.15, 0.2) is 71.7 Å². The number of thioether (sulfide) groups is 1. The van der Waals surface area contributed by atoms with E-state index in [2.05, 4.69) is 29.4 Å². The third-order valence-electron chi connectivity index (χ3n) is 7.48. The number of aryl methyl sites for hydroxylation is 1. The fraction of sp³-hybridized carbons (Fsp3) is 0.414. The van der Waals surface area contributed by atoms with Gasteiger partial charge in [-0.2, -0.15) is 18.6 Å². The average molecular weight is 576 g/mol. The number of carbonyl (C=O) groups is 1. The summed E-state index contributed by atoms with van der Waals surface area (Å²) in [6.45, 7) is 5.05. The van der Waals surface area contributed by atoms with Gasteiger partial charge in [0.25, 0.3) is 0 Å². The van der Waals surface area contributed by atoms with E-state index in [9.17, 15) is 18.0 Å². The highest BCUT2D eigenvalue weighted by atomic mass is 32.2. The molecule has 3 unspecified atom stereocenters. The molecule has 2 aromatic rings. The summed E-state index contributed by atoms with van der Waals surface area (Å²) in [6.07, 6.45) is 5.74. The number of alkyl halides is 3. The van der Waals surface area contributed by atoms with Gasteiger partial charge in [0, 0.05) is 11.4 Å². The van der Waals surface area contributed by atoms with Crippen molar-refractivity contribution in [2.24, 2.45) is 5.41 Å². The number of halogens is 3. The van der Waals surface area contributed by atoms with Crippen molar-refractivity contribution in [2.45, 2.75) is 56.4 Å². The monoisotopic (exact) mass is 575 g/mol. The Kier molecular flexibility index (Phi) is 7.93. The van der Waals surface area contributed by atoms with Crippen molar-refractivity contribution >= 4 is 23.4 Å². The zero-order chi connectivity index (χ0) is 28.5. The van der Waals surface area contributed by atoms with Gasteiger partial charge in [-0.15, -0.1) is 11.8 Å². The molecule has 2 aromatic carbocycles. The van der Waals surface area contributed by atoms with E-state index in [1.165, 1.54) is 23.9 Å². The van der Waals surface area contributed by atoms with Crippen LogP contribution in [0.3, 0.4) is 0 Å². The highest BCUT2D eigenvalue weighted by Crippen LogP contribution is 2.55. The lowest BCUT2D eigenvalue weighted by molar-refractivity contribution is -0.357. The number of hydrogen-bond donors (Lipinski definition) is 2. The number of allylic oxidation sites excluding steroid dienone is 3. The number of carboxylic acid groups (broad SMARTS) is 1. The summed E-state index contributed by atoms with van der Waals surface area (Å²) in [5.41, 5.74) is 3.63. The lowest BCUT2D eigenvalue weighted by Gasteiger charge is -2.56. The van der Waals surface area contributed by atoms with E-state index in [0.29, 0.717) is 17.9 Å². The molecule has 4 aliphatic rings. The topological polar surface area (TPSA) is 74.3 Å². The summed E-state index contributed by atoms with van der Waals surface area (Å²) in [6, 6.07) is 10.7. The standard InChI is InChI=1S/C29H32F3N3O4S/c1-3-4-16-34-26-35(22-10-8-21(9-11-22)28(30,31)32)33-29(34,39-26)27(14-6-5-7-15-27)19-38-24-13-12-23(17-20(24)2)40-18-25(36)37/h5-14,17,26,33H,3-4,15-16,18-19H2,1-2H3,(H,36,37). The Labute approximate surface area is 235 Å². The van der Waals surface area contributed by atoms with Gasteiger partial charge >= 0.3 is 12.1 Å². The molecule has 3 atom stereocenters. The van der Waals surface area contributed by atoms with Gasteiger partial charge in [0.05, 0.1) is 22.4 Å². The lowest BCUT2D eigenvalue weighted by Crippen LogP contribution is -2.74. The van der Waals surface area contributed by atoms with Crippen molar-refractivity contribution in [1.82, 2.24) is 10.3 Å². The molecular formula is C29H32F3N3O4S. The lowest BCUT2D eigenvalue weighted by atomic mass is 9.75. The Morgan fingerprint density at radius 2 is 2.00 bits per heavy atom. The molecular weight excluding hydrogens is 543 g/mol. The first-order valence-electron chi connectivity index (χ1n) is 13.2. The number of nitrogens with one attached hydrogen (secondary N) is 1.